The summed E-state index contributed by atoms with van der Waals surface area (Å²) < 4.78 is 4.90. The molecule has 0 spiro atoms. The van der Waals surface area contributed by atoms with Crippen LogP contribution in [0.15, 0.2) is 147 Å². The van der Waals surface area contributed by atoms with Crippen LogP contribution in [0.1, 0.15) is 147 Å². The fraction of sp³-hybridized carbons (Fsp3) is 0.288. The number of nitriles is 2. The second-order valence-electron chi connectivity index (χ2n) is 25.7. The zero-order valence-corrected chi connectivity index (χ0v) is 63.9. The monoisotopic (exact) mass is 1550 g/mol. The Morgan fingerprint density at radius 3 is 1.27 bits per heavy atom. The summed E-state index contributed by atoms with van der Waals surface area (Å²) in [5, 5.41) is 52.1. The topological polar surface area (TPSA) is 270 Å². The van der Waals surface area contributed by atoms with Gasteiger partial charge in [-0.05, 0) is 141 Å². The van der Waals surface area contributed by atoms with Crippen LogP contribution in [0.4, 0.5) is 34.1 Å². The van der Waals surface area contributed by atoms with Gasteiger partial charge in [0.1, 0.15) is 12.1 Å². The van der Waals surface area contributed by atoms with Gasteiger partial charge in [0.2, 0.25) is 5.91 Å². The second-order valence-corrected chi connectivity index (χ2v) is 29.1. The van der Waals surface area contributed by atoms with Gasteiger partial charge in [-0.1, -0.05) is 148 Å². The third-order valence-corrected chi connectivity index (χ3v) is 18.7. The number of ether oxygens (including phenoxy) is 1. The molecular formula is C73H65BrCl6N10O7Zn. The number of hydrogen-bond acceptors (Lipinski definition) is 16. The number of benzene rings is 6. The van der Waals surface area contributed by atoms with Crippen molar-refractivity contribution in [3.05, 3.63) is 219 Å². The van der Waals surface area contributed by atoms with E-state index in [2.05, 4.69) is 87.1 Å². The molecule has 3 aliphatic heterocycles. The molecule has 17 nitrogen and oxygen atoms in total. The summed E-state index contributed by atoms with van der Waals surface area (Å²) in [6, 6.07) is 35.2. The second kappa shape index (κ2) is 33.2. The first-order valence-corrected chi connectivity index (χ1v) is 33.1. The van der Waals surface area contributed by atoms with Crippen molar-refractivity contribution < 1.29 is 53.0 Å². The van der Waals surface area contributed by atoms with Crippen LogP contribution >= 0.6 is 85.5 Å². The quantitative estimate of drug-likeness (QED) is 0.0477. The molecule has 3 aliphatic carbocycles. The molecule has 0 saturated heterocycles. The van der Waals surface area contributed by atoms with E-state index in [4.69, 9.17) is 93.3 Å². The van der Waals surface area contributed by atoms with Crippen LogP contribution in [0.25, 0.3) is 0 Å². The van der Waals surface area contributed by atoms with E-state index in [9.17, 15) is 39.3 Å². The van der Waals surface area contributed by atoms with Crippen molar-refractivity contribution in [2.45, 2.75) is 119 Å². The van der Waals surface area contributed by atoms with Crippen molar-refractivity contribution in [1.29, 1.82) is 21.0 Å². The van der Waals surface area contributed by atoms with Crippen molar-refractivity contribution in [2.75, 3.05) is 31.5 Å². The number of nitrogens with zero attached hydrogens (tertiary/aromatic N) is 5. The van der Waals surface area contributed by atoms with Gasteiger partial charge in [-0.3, -0.25) is 33.7 Å². The summed E-state index contributed by atoms with van der Waals surface area (Å²) in [7, 11) is 0. The van der Waals surface area contributed by atoms with Crippen molar-refractivity contribution in [2.24, 2.45) is 16.2 Å². The minimum atomic E-state index is -0.774. The van der Waals surface area contributed by atoms with Crippen molar-refractivity contribution in [1.82, 2.24) is 0 Å². The molecule has 3 heterocycles. The van der Waals surface area contributed by atoms with E-state index in [1.54, 1.807) is 60.7 Å². The number of carbonyl (C=O) groups excluding carboxylic acids is 6. The van der Waals surface area contributed by atoms with Gasteiger partial charge < -0.3 is 55.0 Å². The van der Waals surface area contributed by atoms with Gasteiger partial charge in [0.15, 0.2) is 17.3 Å². The fourth-order valence-corrected chi connectivity index (χ4v) is 14.7. The Bertz CT molecular complexity index is 4420. The summed E-state index contributed by atoms with van der Waals surface area (Å²) in [5.41, 5.74) is 11.4. The standard InChI is InChI=1S/C24H21Cl2N3O2.C22H19Cl2N3O.C21H19BrCl2N2O.C4H6O3.2CN.Zn/c1-13(30)29-22-14(12-27)5-4-6-18(22)28-19-10-24(2,3)11-20(31)21(19)23(29)16-8-7-15(25)9-17(16)26;1-22(2)9-17-19(18(28)10-22)21(14-7-6-13(23)8-15(14)24)27-20-12(11-25)4-3-5-16(20)26-17;1-21(2)9-16-18(17(27)10-21)19(12-7-6-11(23)8-14(12)24)26-20-13(22)4-3-5-15(20)25-16;1-3(5)7-4(2)6;2*1-2;/h4-9,23,28H,10-11H2,1-3H3;3-8,21,26-27H,9-10H2,1-2H3;3-8,19,25-26H,9-10H2,1-2H3;1-2H3;;;/q;;;;2*-1;+2. The Hall–Kier alpha value is -8.04. The predicted molar refractivity (Wildman–Crippen MR) is 383 cm³/mol. The first kappa shape index (κ1) is 79.0. The van der Waals surface area contributed by atoms with Crippen LogP contribution in [-0.2, 0) is 53.0 Å². The third-order valence-electron chi connectivity index (χ3n) is 16.3. The molecule has 0 fully saturated rings. The molecule has 25 heteroatoms. The Balaban J connectivity index is 0.000000215. The van der Waals surface area contributed by atoms with Gasteiger partial charge in [-0.15, -0.1) is 0 Å². The Morgan fingerprint density at radius 1 is 0.510 bits per heavy atom. The van der Waals surface area contributed by atoms with Crippen LogP contribution in [0.3, 0.4) is 0 Å². The number of halogens is 7. The molecule has 3 atom stereocenters. The van der Waals surface area contributed by atoms with Gasteiger partial charge in [0, 0.05) is 108 Å². The maximum atomic E-state index is 13.5. The molecule has 0 radical (unpaired) electrons. The van der Waals surface area contributed by atoms with E-state index in [0.717, 1.165) is 68.2 Å². The van der Waals surface area contributed by atoms with Gasteiger partial charge >= 0.3 is 31.4 Å². The average Bonchev–Trinajstić information content (AvgIpc) is 1.55. The SMILES string of the molecule is CC(=O)N1c2c(C#N)cccc2NC2=C(C(=O)CC(C)(C)C2)C1c1ccc(Cl)cc1Cl.CC(=O)OC(C)=O.CC1(C)CC(=O)C2=C(C1)Nc1cccc(Br)c1NC2c1ccc(Cl)cc1Cl.CC1(C)CC(=O)C2=C(C1)Nc1cccc(C#N)c1NC2c1ccc(Cl)cc1Cl.[C-]#N.[C-]#N.[Zn+2]. The van der Waals surface area contributed by atoms with Gasteiger partial charge in [-0.25, -0.2) is 0 Å². The number of amides is 1. The van der Waals surface area contributed by atoms with E-state index in [0.29, 0.717) is 101 Å². The number of hydrogen-bond donors (Lipinski definition) is 5. The maximum absolute atomic E-state index is 13.5. The average molecular weight is 1550 g/mol. The first-order valence-electron chi connectivity index (χ1n) is 30.1. The summed E-state index contributed by atoms with van der Waals surface area (Å²) >= 11 is 41.5. The number of rotatable bonds is 3. The summed E-state index contributed by atoms with van der Waals surface area (Å²) in [5.74, 6) is -1.25. The van der Waals surface area contributed by atoms with Crippen LogP contribution in [-0.4, -0.2) is 35.2 Å². The summed E-state index contributed by atoms with van der Waals surface area (Å²) in [6.07, 6.45) is 3.46. The molecule has 5 N–H and O–H groups in total. The Labute approximate surface area is 621 Å². The molecule has 1 amide bonds. The molecule has 12 rings (SSSR count). The third kappa shape index (κ3) is 18.2. The number of esters is 2. The number of carbonyl (C=O) groups is 6. The first-order chi connectivity index (χ1) is 45.8. The fourth-order valence-electron chi connectivity index (χ4n) is 12.7. The molecule has 6 aromatic carbocycles. The zero-order valence-electron chi connectivity index (χ0n) is 54.8. The predicted octanol–water partition coefficient (Wildman–Crippen LogP) is 19.4. The molecule has 6 aliphatic rings. The van der Waals surface area contributed by atoms with Crippen LogP contribution in [0.5, 0.6) is 0 Å². The number of para-hydroxylation sites is 3. The van der Waals surface area contributed by atoms with Crippen molar-refractivity contribution >= 4 is 155 Å². The van der Waals surface area contributed by atoms with E-state index >= 15 is 0 Å². The number of fused-ring (bicyclic) bond motifs is 3. The van der Waals surface area contributed by atoms with Crippen molar-refractivity contribution in [3.8, 4) is 12.1 Å². The number of ketones is 3. The molecule has 98 heavy (non-hydrogen) atoms. The maximum Gasteiger partial charge on any atom is 2.00 e. The molecule has 3 unspecified atom stereocenters. The normalized spacial score (nSPS) is 18.4. The van der Waals surface area contributed by atoms with Crippen molar-refractivity contribution in [3.63, 3.8) is 0 Å². The number of nitrogens with one attached hydrogen (secondary N) is 5. The van der Waals surface area contributed by atoms with E-state index < -0.39 is 24.0 Å². The Kier molecular flexibility index (Phi) is 26.8. The molecular weight excluding hydrogens is 1490 g/mol. The summed E-state index contributed by atoms with van der Waals surface area (Å²) in [6.45, 7) is 25.8. The zero-order chi connectivity index (χ0) is 71.8. The molecule has 0 aromatic heterocycles. The van der Waals surface area contributed by atoms with Gasteiger partial charge in [-0.2, -0.15) is 10.5 Å². The molecule has 0 saturated carbocycles. The van der Waals surface area contributed by atoms with Gasteiger partial charge in [0.25, 0.3) is 0 Å². The minimum Gasteiger partial charge on any atom is -0.512 e. The molecule has 0 bridgehead atoms. The smallest absolute Gasteiger partial charge is 0.512 e. The Morgan fingerprint density at radius 2 is 0.867 bits per heavy atom. The van der Waals surface area contributed by atoms with Crippen LogP contribution in [0, 0.1) is 62.6 Å². The van der Waals surface area contributed by atoms with Gasteiger partial charge in [0.05, 0.1) is 63.4 Å². The number of anilines is 6. The molecule has 6 aromatic rings. The number of Topliss-reactive ketones (excluding diaryl/α,β-unsaturated/α-hetero) is 3. The largest absolute Gasteiger partial charge is 2.00 e. The van der Waals surface area contributed by atoms with E-state index in [-0.39, 0.29) is 65.0 Å². The number of allylic oxidation sites excluding steroid dienone is 3. The minimum absolute atomic E-state index is 0. The van der Waals surface area contributed by atoms with Crippen LogP contribution < -0.4 is 31.5 Å². The van der Waals surface area contributed by atoms with E-state index in [1.165, 1.54) is 25.7 Å². The van der Waals surface area contributed by atoms with Crippen LogP contribution in [0.2, 0.25) is 30.1 Å². The molecule has 500 valence electrons. The van der Waals surface area contributed by atoms with E-state index in [1.807, 2.05) is 62.4 Å². The summed E-state index contributed by atoms with van der Waals surface area (Å²) in [4.78, 5) is 74.0.